The summed E-state index contributed by atoms with van der Waals surface area (Å²) in [6, 6.07) is 6.78. The van der Waals surface area contributed by atoms with Crippen molar-refractivity contribution in [1.82, 2.24) is 4.90 Å². The van der Waals surface area contributed by atoms with E-state index >= 15 is 0 Å². The summed E-state index contributed by atoms with van der Waals surface area (Å²) in [6.07, 6.45) is 0. The molecule has 0 aliphatic carbocycles. The van der Waals surface area contributed by atoms with Gasteiger partial charge in [0, 0.05) is 0 Å². The third-order valence-electron chi connectivity index (χ3n) is 4.10. The number of thioether (sulfide) groups is 1. The van der Waals surface area contributed by atoms with Gasteiger partial charge in [0.2, 0.25) is 5.91 Å². The van der Waals surface area contributed by atoms with Crippen molar-refractivity contribution in [3.63, 3.8) is 0 Å². The average Bonchev–Trinajstić information content (AvgIpc) is 2.87. The van der Waals surface area contributed by atoms with Crippen LogP contribution >= 0.6 is 11.8 Å². The van der Waals surface area contributed by atoms with Gasteiger partial charge in [0.25, 0.3) is 0 Å². The lowest BCUT2D eigenvalue weighted by molar-refractivity contribution is -0.137. The van der Waals surface area contributed by atoms with Crippen LogP contribution in [0.3, 0.4) is 0 Å². The first kappa shape index (κ1) is 16.6. The van der Waals surface area contributed by atoms with E-state index in [0.29, 0.717) is 22.2 Å². The minimum atomic E-state index is -0.541. The van der Waals surface area contributed by atoms with Crippen molar-refractivity contribution in [1.29, 1.82) is 0 Å². The van der Waals surface area contributed by atoms with E-state index in [1.165, 1.54) is 18.9 Å². The minimum absolute atomic E-state index is 0.0616. The number of amidine groups is 1. The normalized spacial score (nSPS) is 23.1. The van der Waals surface area contributed by atoms with Crippen LogP contribution in [0.1, 0.15) is 25.5 Å². The van der Waals surface area contributed by atoms with Crippen molar-refractivity contribution in [3.8, 4) is 5.75 Å². The molecule has 0 bridgehead atoms. The number of methoxy groups -OCH3 is 2. The molecule has 0 spiro atoms. The summed E-state index contributed by atoms with van der Waals surface area (Å²) < 4.78 is 10.1. The predicted molar refractivity (Wildman–Crippen MR) is 91.8 cm³/mol. The fraction of sp³-hybridized carbons (Fsp3) is 0.353. The maximum Gasteiger partial charge on any atom is 0.338 e. The van der Waals surface area contributed by atoms with E-state index in [4.69, 9.17) is 9.47 Å². The molecule has 0 radical (unpaired) electrons. The van der Waals surface area contributed by atoms with Crippen LogP contribution in [0.5, 0.6) is 5.75 Å². The molecule has 2 aliphatic heterocycles. The second-order valence-electron chi connectivity index (χ2n) is 5.53. The summed E-state index contributed by atoms with van der Waals surface area (Å²) >= 11 is 1.40. The van der Waals surface area contributed by atoms with E-state index in [9.17, 15) is 9.59 Å². The highest BCUT2D eigenvalue weighted by Gasteiger charge is 2.46. The standard InChI is InChI=1S/C17H18N2O4S/c1-9-13(16(21)23-4)14(11-5-7-12(22-3)8-6-11)19-15(20)10(2)24-17(19)18-9/h5-8,10,14H,1-4H3/t10-,14-/m0/s1. The Morgan fingerprint density at radius 2 is 1.92 bits per heavy atom. The summed E-state index contributed by atoms with van der Waals surface area (Å²) in [4.78, 5) is 31.0. The fourth-order valence-corrected chi connectivity index (χ4v) is 3.90. The molecule has 1 aromatic rings. The fourth-order valence-electron chi connectivity index (χ4n) is 2.88. The van der Waals surface area contributed by atoms with Crippen molar-refractivity contribution < 1.29 is 19.1 Å². The first-order valence-electron chi connectivity index (χ1n) is 7.49. The number of rotatable bonds is 3. The largest absolute Gasteiger partial charge is 0.497 e. The molecule has 6 nitrogen and oxygen atoms in total. The minimum Gasteiger partial charge on any atom is -0.497 e. The topological polar surface area (TPSA) is 68.2 Å². The Hall–Kier alpha value is -2.28. The second kappa shape index (κ2) is 6.32. The SMILES string of the molecule is COC(=O)C1=C(C)N=C2S[C@@H](C)C(=O)N2[C@H]1c1ccc(OC)cc1. The molecule has 0 saturated carbocycles. The average molecular weight is 346 g/mol. The number of carbonyl (C=O) groups is 2. The molecule has 3 rings (SSSR count). The highest BCUT2D eigenvalue weighted by molar-refractivity contribution is 8.15. The van der Waals surface area contributed by atoms with E-state index in [2.05, 4.69) is 4.99 Å². The van der Waals surface area contributed by atoms with Crippen molar-refractivity contribution in [3.05, 3.63) is 41.1 Å². The Morgan fingerprint density at radius 1 is 1.25 bits per heavy atom. The molecular formula is C17H18N2O4S. The number of esters is 1. The van der Waals surface area contributed by atoms with Gasteiger partial charge >= 0.3 is 5.97 Å². The number of fused-ring (bicyclic) bond motifs is 1. The van der Waals surface area contributed by atoms with Crippen LogP contribution in [0, 0.1) is 0 Å². The quantitative estimate of drug-likeness (QED) is 0.787. The second-order valence-corrected chi connectivity index (χ2v) is 6.84. The summed E-state index contributed by atoms with van der Waals surface area (Å²) in [5, 5.41) is 0.396. The Morgan fingerprint density at radius 3 is 2.50 bits per heavy atom. The number of aliphatic imine (C=N–C) groups is 1. The van der Waals surface area contributed by atoms with Gasteiger partial charge in [-0.1, -0.05) is 23.9 Å². The van der Waals surface area contributed by atoms with Gasteiger partial charge in [-0.25, -0.2) is 9.79 Å². The van der Waals surface area contributed by atoms with Gasteiger partial charge in [0.1, 0.15) is 5.75 Å². The van der Waals surface area contributed by atoms with E-state index in [1.807, 2.05) is 31.2 Å². The van der Waals surface area contributed by atoms with Gasteiger partial charge < -0.3 is 9.47 Å². The van der Waals surface area contributed by atoms with Gasteiger partial charge in [0.05, 0.1) is 36.8 Å². The van der Waals surface area contributed by atoms with Crippen molar-refractivity contribution in [2.75, 3.05) is 14.2 Å². The summed E-state index contributed by atoms with van der Waals surface area (Å²) in [5.41, 5.74) is 1.77. The molecule has 0 N–H and O–H groups in total. The Bertz CT molecular complexity index is 754. The lowest BCUT2D eigenvalue weighted by Gasteiger charge is -2.32. The maximum absolute atomic E-state index is 12.6. The van der Waals surface area contributed by atoms with E-state index in [1.54, 1.807) is 18.9 Å². The number of ether oxygens (including phenoxy) is 2. The number of hydrogen-bond donors (Lipinski definition) is 0. The summed E-state index contributed by atoms with van der Waals surface area (Å²) in [5.74, 6) is 0.168. The third kappa shape index (κ3) is 2.58. The zero-order valence-corrected chi connectivity index (χ0v) is 14.7. The lowest BCUT2D eigenvalue weighted by Crippen LogP contribution is -2.40. The molecule has 2 aliphatic rings. The van der Waals surface area contributed by atoms with Crippen LogP contribution in [-0.2, 0) is 14.3 Å². The smallest absolute Gasteiger partial charge is 0.338 e. The van der Waals surface area contributed by atoms with Gasteiger partial charge in [-0.3, -0.25) is 9.69 Å². The van der Waals surface area contributed by atoms with Crippen LogP contribution in [-0.4, -0.2) is 41.4 Å². The third-order valence-corrected chi connectivity index (χ3v) is 5.15. The van der Waals surface area contributed by atoms with Crippen LogP contribution in [0.15, 0.2) is 40.5 Å². The number of allylic oxidation sites excluding steroid dienone is 1. The highest BCUT2D eigenvalue weighted by atomic mass is 32.2. The van der Waals surface area contributed by atoms with E-state index in [0.717, 1.165) is 5.56 Å². The number of amides is 1. The zero-order valence-electron chi connectivity index (χ0n) is 13.9. The number of carbonyl (C=O) groups excluding carboxylic acids is 2. The lowest BCUT2D eigenvalue weighted by atomic mass is 9.94. The van der Waals surface area contributed by atoms with Gasteiger partial charge in [-0.2, -0.15) is 0 Å². The molecule has 7 heteroatoms. The molecular weight excluding hydrogens is 328 g/mol. The molecule has 2 atom stereocenters. The molecule has 0 unspecified atom stereocenters. The predicted octanol–water partition coefficient (Wildman–Crippen LogP) is 2.52. The molecule has 24 heavy (non-hydrogen) atoms. The molecule has 1 amide bonds. The number of benzene rings is 1. The molecule has 1 saturated heterocycles. The first-order valence-corrected chi connectivity index (χ1v) is 8.37. The monoisotopic (exact) mass is 346 g/mol. The van der Waals surface area contributed by atoms with Gasteiger partial charge in [-0.05, 0) is 31.5 Å². The van der Waals surface area contributed by atoms with Crippen molar-refractivity contribution >= 4 is 28.8 Å². The van der Waals surface area contributed by atoms with Gasteiger partial charge in [-0.15, -0.1) is 0 Å². The Balaban J connectivity index is 2.14. The van der Waals surface area contributed by atoms with Crippen LogP contribution in [0.4, 0.5) is 0 Å². The number of nitrogens with zero attached hydrogens (tertiary/aromatic N) is 2. The van der Waals surface area contributed by atoms with Crippen LogP contribution in [0.2, 0.25) is 0 Å². The van der Waals surface area contributed by atoms with Crippen molar-refractivity contribution in [2.45, 2.75) is 25.1 Å². The van der Waals surface area contributed by atoms with Crippen LogP contribution < -0.4 is 4.74 Å². The summed E-state index contributed by atoms with van der Waals surface area (Å²) in [7, 11) is 2.92. The summed E-state index contributed by atoms with van der Waals surface area (Å²) in [6.45, 7) is 3.60. The Kier molecular flexibility index (Phi) is 4.36. The van der Waals surface area contributed by atoms with E-state index < -0.39 is 12.0 Å². The maximum atomic E-state index is 12.6. The highest BCUT2D eigenvalue weighted by Crippen LogP contribution is 2.43. The zero-order chi connectivity index (χ0) is 17.4. The molecule has 126 valence electrons. The van der Waals surface area contributed by atoms with Crippen LogP contribution in [0.25, 0.3) is 0 Å². The molecule has 1 fully saturated rings. The van der Waals surface area contributed by atoms with E-state index in [-0.39, 0.29) is 11.2 Å². The molecule has 1 aromatic carbocycles. The number of hydrogen-bond acceptors (Lipinski definition) is 6. The molecule has 2 heterocycles. The van der Waals surface area contributed by atoms with Gasteiger partial charge in [0.15, 0.2) is 5.17 Å². The Labute approximate surface area is 144 Å². The molecule has 0 aromatic heterocycles. The van der Waals surface area contributed by atoms with Crippen molar-refractivity contribution in [2.24, 2.45) is 4.99 Å². The first-order chi connectivity index (χ1) is 11.5.